The van der Waals surface area contributed by atoms with Crippen LogP contribution < -0.4 is 5.73 Å². The molecule has 0 bridgehead atoms. The molecule has 1 atom stereocenters. The number of carbonyl (C=O) groups excluding carboxylic acids is 1. The maximum absolute atomic E-state index is 12.4. The van der Waals surface area contributed by atoms with Gasteiger partial charge in [0.2, 0.25) is 5.91 Å². The number of hydrogen-bond donors (Lipinski definition) is 1. The van der Waals surface area contributed by atoms with Crippen LogP contribution in [-0.2, 0) is 9.53 Å². The van der Waals surface area contributed by atoms with E-state index in [-0.39, 0.29) is 24.3 Å². The highest BCUT2D eigenvalue weighted by Crippen LogP contribution is 2.39. The number of amides is 1. The third kappa shape index (κ3) is 4.48. The van der Waals surface area contributed by atoms with Crippen molar-refractivity contribution in [1.29, 1.82) is 0 Å². The first-order valence-electron chi connectivity index (χ1n) is 12.9. The predicted octanol–water partition coefficient (Wildman–Crippen LogP) is 4.54. The van der Waals surface area contributed by atoms with Crippen LogP contribution in [0.2, 0.25) is 0 Å². The highest BCUT2D eigenvalue weighted by Gasteiger charge is 2.33. The first-order chi connectivity index (χ1) is 18.6. The van der Waals surface area contributed by atoms with Crippen molar-refractivity contribution in [1.82, 2.24) is 24.3 Å². The molecule has 1 saturated heterocycles. The first-order valence-corrected chi connectivity index (χ1v) is 12.9. The van der Waals surface area contributed by atoms with Crippen LogP contribution in [-0.4, -0.2) is 57.0 Å². The number of anilines is 1. The zero-order valence-electron chi connectivity index (χ0n) is 21.3. The predicted molar refractivity (Wildman–Crippen MR) is 148 cm³/mol. The number of piperidine rings is 1. The number of nitrogen functional groups attached to an aromatic ring is 1. The van der Waals surface area contributed by atoms with Gasteiger partial charge in [-0.2, -0.15) is 0 Å². The van der Waals surface area contributed by atoms with Gasteiger partial charge in [-0.25, -0.2) is 15.0 Å². The molecule has 8 heteroatoms. The number of benzene rings is 2. The van der Waals surface area contributed by atoms with Gasteiger partial charge < -0.3 is 15.4 Å². The van der Waals surface area contributed by atoms with Gasteiger partial charge in [-0.1, -0.05) is 48.5 Å². The zero-order valence-corrected chi connectivity index (χ0v) is 21.3. The Balaban J connectivity index is 1.41. The SMILES string of the molecule is COCC(=O)N1CCC(C(c2ccc3ccc(-c4ccccc4)nc3c2)c2ncc3c(N)nccn23)CC1. The smallest absolute Gasteiger partial charge is 0.248 e. The molecule has 38 heavy (non-hydrogen) atoms. The number of fused-ring (bicyclic) bond motifs is 2. The Hall–Kier alpha value is -4.30. The number of rotatable bonds is 6. The van der Waals surface area contributed by atoms with Crippen LogP contribution >= 0.6 is 0 Å². The molecular weight excluding hydrogens is 476 g/mol. The summed E-state index contributed by atoms with van der Waals surface area (Å²) in [5.74, 6) is 1.71. The van der Waals surface area contributed by atoms with Crippen LogP contribution in [0.3, 0.4) is 0 Å². The minimum Gasteiger partial charge on any atom is -0.382 e. The molecule has 0 radical (unpaired) electrons. The maximum atomic E-state index is 12.4. The fourth-order valence-electron chi connectivity index (χ4n) is 5.62. The van der Waals surface area contributed by atoms with E-state index in [1.165, 1.54) is 0 Å². The lowest BCUT2D eigenvalue weighted by atomic mass is 9.79. The van der Waals surface area contributed by atoms with E-state index in [9.17, 15) is 4.79 Å². The van der Waals surface area contributed by atoms with Gasteiger partial charge in [0.05, 0.1) is 17.4 Å². The molecule has 6 rings (SSSR count). The average Bonchev–Trinajstić information content (AvgIpc) is 3.39. The number of imidazole rings is 1. The summed E-state index contributed by atoms with van der Waals surface area (Å²) in [6.07, 6.45) is 7.17. The normalized spacial score (nSPS) is 15.2. The largest absolute Gasteiger partial charge is 0.382 e. The Morgan fingerprint density at radius 1 is 1.08 bits per heavy atom. The van der Waals surface area contributed by atoms with Crippen molar-refractivity contribution >= 4 is 28.1 Å². The van der Waals surface area contributed by atoms with Crippen LogP contribution in [0.4, 0.5) is 5.82 Å². The van der Waals surface area contributed by atoms with Gasteiger partial charge in [0.25, 0.3) is 0 Å². The van der Waals surface area contributed by atoms with Gasteiger partial charge in [0.1, 0.15) is 23.8 Å². The summed E-state index contributed by atoms with van der Waals surface area (Å²) in [7, 11) is 1.56. The number of carbonyl (C=O) groups is 1. The molecule has 0 saturated carbocycles. The molecule has 0 spiro atoms. The lowest BCUT2D eigenvalue weighted by molar-refractivity contribution is -0.136. The highest BCUT2D eigenvalue weighted by molar-refractivity contribution is 5.82. The van der Waals surface area contributed by atoms with E-state index in [1.807, 2.05) is 33.7 Å². The van der Waals surface area contributed by atoms with E-state index in [2.05, 4.69) is 47.4 Å². The Bertz CT molecular complexity index is 1590. The number of likely N-dealkylation sites (tertiary alicyclic amines) is 1. The van der Waals surface area contributed by atoms with Crippen molar-refractivity contribution in [2.24, 2.45) is 5.92 Å². The van der Waals surface area contributed by atoms with E-state index >= 15 is 0 Å². The highest BCUT2D eigenvalue weighted by atomic mass is 16.5. The summed E-state index contributed by atoms with van der Waals surface area (Å²) >= 11 is 0. The first kappa shape index (κ1) is 24.1. The standard InChI is InChI=1S/C30H30N6O2/c1-38-19-27(37)35-14-11-22(12-15-35)28(30-33-18-26-29(31)32-13-16-36(26)30)23-8-7-21-9-10-24(34-25(21)17-23)20-5-3-2-4-6-20/h2-10,13,16-18,22,28H,11-12,14-15,19H2,1H3,(H2,31,32). The number of ether oxygens (including phenoxy) is 1. The summed E-state index contributed by atoms with van der Waals surface area (Å²) in [5.41, 5.74) is 11.1. The van der Waals surface area contributed by atoms with E-state index in [0.717, 1.165) is 51.9 Å². The molecule has 5 aromatic rings. The van der Waals surface area contributed by atoms with Gasteiger partial charge in [-0.15, -0.1) is 0 Å². The lowest BCUT2D eigenvalue weighted by Crippen LogP contribution is -2.41. The molecule has 2 aromatic carbocycles. The van der Waals surface area contributed by atoms with Crippen molar-refractivity contribution in [2.45, 2.75) is 18.8 Å². The molecule has 1 aliphatic heterocycles. The number of nitrogens with two attached hydrogens (primary N) is 1. The molecule has 1 unspecified atom stereocenters. The fraction of sp³-hybridized carbons (Fsp3) is 0.267. The third-order valence-electron chi connectivity index (χ3n) is 7.57. The maximum Gasteiger partial charge on any atom is 0.248 e. The number of aromatic nitrogens is 4. The monoisotopic (exact) mass is 506 g/mol. The minimum absolute atomic E-state index is 0.00515. The summed E-state index contributed by atoms with van der Waals surface area (Å²) in [6, 6.07) is 20.9. The quantitative estimate of drug-likeness (QED) is 0.363. The van der Waals surface area contributed by atoms with Gasteiger partial charge in [0, 0.05) is 49.5 Å². The Morgan fingerprint density at radius 2 is 1.87 bits per heavy atom. The van der Waals surface area contributed by atoms with Crippen molar-refractivity contribution in [3.63, 3.8) is 0 Å². The van der Waals surface area contributed by atoms with Gasteiger partial charge in [-0.3, -0.25) is 9.20 Å². The van der Waals surface area contributed by atoms with E-state index < -0.39 is 0 Å². The minimum atomic E-state index is 0.00515. The van der Waals surface area contributed by atoms with Crippen molar-refractivity contribution in [2.75, 3.05) is 32.5 Å². The van der Waals surface area contributed by atoms with Crippen molar-refractivity contribution < 1.29 is 9.53 Å². The van der Waals surface area contributed by atoms with Crippen LogP contribution in [0.15, 0.2) is 79.3 Å². The molecular formula is C30H30N6O2. The second-order valence-corrected chi connectivity index (χ2v) is 9.83. The molecule has 3 aromatic heterocycles. The average molecular weight is 507 g/mol. The van der Waals surface area contributed by atoms with Crippen LogP contribution in [0.25, 0.3) is 27.7 Å². The summed E-state index contributed by atoms with van der Waals surface area (Å²) < 4.78 is 7.12. The number of nitrogens with zero attached hydrogens (tertiary/aromatic N) is 5. The van der Waals surface area contributed by atoms with Gasteiger partial charge in [0.15, 0.2) is 0 Å². The molecule has 1 amide bonds. The molecule has 192 valence electrons. The number of methoxy groups -OCH3 is 1. The van der Waals surface area contributed by atoms with Gasteiger partial charge in [-0.05, 0) is 36.5 Å². The van der Waals surface area contributed by atoms with Crippen LogP contribution in [0, 0.1) is 5.92 Å². The summed E-state index contributed by atoms with van der Waals surface area (Å²) in [5, 5.41) is 1.09. The Morgan fingerprint density at radius 3 is 2.66 bits per heavy atom. The van der Waals surface area contributed by atoms with Crippen LogP contribution in [0.5, 0.6) is 0 Å². The molecule has 8 nitrogen and oxygen atoms in total. The second-order valence-electron chi connectivity index (χ2n) is 9.83. The molecule has 0 aliphatic carbocycles. The number of hydrogen-bond acceptors (Lipinski definition) is 6. The Labute approximate surface area is 221 Å². The molecule has 2 N–H and O–H groups in total. The van der Waals surface area contributed by atoms with Crippen molar-refractivity contribution in [3.8, 4) is 11.3 Å². The topological polar surface area (TPSA) is 98.6 Å². The zero-order chi connectivity index (χ0) is 26.1. The van der Waals surface area contributed by atoms with Crippen molar-refractivity contribution in [3.05, 3.63) is 90.6 Å². The van der Waals surface area contributed by atoms with E-state index in [4.69, 9.17) is 20.4 Å². The summed E-state index contributed by atoms with van der Waals surface area (Å²) in [4.78, 5) is 28.5. The summed E-state index contributed by atoms with van der Waals surface area (Å²) in [6.45, 7) is 1.51. The molecule has 1 fully saturated rings. The van der Waals surface area contributed by atoms with Gasteiger partial charge >= 0.3 is 0 Å². The van der Waals surface area contributed by atoms with Crippen LogP contribution in [0.1, 0.15) is 30.1 Å². The Kier molecular flexibility index (Phi) is 6.47. The number of pyridine rings is 1. The third-order valence-corrected chi connectivity index (χ3v) is 7.57. The molecule has 1 aliphatic rings. The lowest BCUT2D eigenvalue weighted by Gasteiger charge is -2.36. The fourth-order valence-corrected chi connectivity index (χ4v) is 5.62. The van der Waals surface area contributed by atoms with E-state index in [0.29, 0.717) is 18.9 Å². The second kappa shape index (κ2) is 10.2. The molecule has 4 heterocycles. The van der Waals surface area contributed by atoms with E-state index in [1.54, 1.807) is 19.5 Å².